The minimum atomic E-state index is -0.122. The van der Waals surface area contributed by atoms with Crippen LogP contribution in [0.15, 0.2) is 303 Å². The number of aromatic nitrogens is 1. The Labute approximate surface area is 484 Å². The molecule has 0 radical (unpaired) electrons. The molecule has 1 heterocycles. The lowest BCUT2D eigenvalue weighted by atomic mass is 9.82. The predicted molar refractivity (Wildman–Crippen MR) is 353 cm³/mol. The van der Waals surface area contributed by atoms with Gasteiger partial charge < -0.3 is 9.47 Å². The van der Waals surface area contributed by atoms with Crippen LogP contribution in [0.3, 0.4) is 0 Å². The van der Waals surface area contributed by atoms with E-state index in [-0.39, 0.29) is 5.41 Å². The molecule has 390 valence electrons. The van der Waals surface area contributed by atoms with Gasteiger partial charge in [0, 0.05) is 38.9 Å². The minimum absolute atomic E-state index is 0.122. The summed E-state index contributed by atoms with van der Waals surface area (Å²) in [6.45, 7) is 4.72. The highest BCUT2D eigenvalue weighted by atomic mass is 15.1. The highest BCUT2D eigenvalue weighted by Crippen LogP contribution is 2.51. The second-order valence-electron chi connectivity index (χ2n) is 22.8. The van der Waals surface area contributed by atoms with E-state index in [1.807, 2.05) is 0 Å². The Morgan fingerprint density at radius 1 is 0.265 bits per heavy atom. The molecular formula is C81H56N2. The summed E-state index contributed by atoms with van der Waals surface area (Å²) in [5.74, 6) is 0. The first kappa shape index (κ1) is 48.4. The van der Waals surface area contributed by atoms with Gasteiger partial charge in [-0.15, -0.1) is 0 Å². The summed E-state index contributed by atoms with van der Waals surface area (Å²) in [6, 6.07) is 112. The Morgan fingerprint density at radius 2 is 0.747 bits per heavy atom. The molecule has 0 amide bonds. The molecule has 0 N–H and O–H groups in total. The van der Waals surface area contributed by atoms with Gasteiger partial charge in [-0.3, -0.25) is 0 Å². The lowest BCUT2D eigenvalue weighted by Gasteiger charge is -2.28. The fourth-order valence-electron chi connectivity index (χ4n) is 13.6. The van der Waals surface area contributed by atoms with Crippen molar-refractivity contribution >= 4 is 71.2 Å². The van der Waals surface area contributed by atoms with Crippen LogP contribution in [-0.4, -0.2) is 4.57 Å². The highest BCUT2D eigenvalue weighted by Gasteiger charge is 2.36. The summed E-state index contributed by atoms with van der Waals surface area (Å²) in [4.78, 5) is 2.41. The largest absolute Gasteiger partial charge is 0.310 e. The third-order valence-corrected chi connectivity index (χ3v) is 17.8. The van der Waals surface area contributed by atoms with E-state index >= 15 is 0 Å². The van der Waals surface area contributed by atoms with E-state index in [1.165, 1.54) is 132 Å². The maximum absolute atomic E-state index is 2.45. The van der Waals surface area contributed by atoms with Crippen LogP contribution in [0.2, 0.25) is 0 Å². The van der Waals surface area contributed by atoms with Gasteiger partial charge in [-0.05, 0) is 189 Å². The van der Waals surface area contributed by atoms with Crippen molar-refractivity contribution in [1.82, 2.24) is 4.57 Å². The maximum Gasteiger partial charge on any atom is 0.0541 e. The molecule has 0 saturated carbocycles. The molecule has 1 aliphatic carbocycles. The fraction of sp³-hybridized carbons (Fsp3) is 0.0370. The number of para-hydroxylation sites is 1. The number of benzene rings is 14. The van der Waals surface area contributed by atoms with E-state index < -0.39 is 0 Å². The second kappa shape index (κ2) is 19.3. The second-order valence-corrected chi connectivity index (χ2v) is 22.8. The zero-order valence-electron chi connectivity index (χ0n) is 46.3. The standard InChI is InChI=1S/C81H56N2/c1-81(2)76-28-12-10-24-71(76)72-44-43-67(52-77(72)81)82(64-39-34-56(35-40-64)53-16-4-3-5-17-53)65-41-36-57(37-42-65)60-38-47-79-75(51-60)73-25-11-13-29-78(73)83(79)66-23-14-22-61(50-66)70-46-45-68(62-32-30-54-18-6-8-20-58(54)48-62)74-27-15-26-69(80(70)74)63-33-31-55-19-7-9-21-59(55)49-63/h3-52H,1-2H3. The summed E-state index contributed by atoms with van der Waals surface area (Å²) in [6.07, 6.45) is 0. The maximum atomic E-state index is 2.45. The molecule has 1 aromatic heterocycles. The van der Waals surface area contributed by atoms with Gasteiger partial charge in [0.1, 0.15) is 0 Å². The Hall–Kier alpha value is -10.5. The monoisotopic (exact) mass is 1060 g/mol. The summed E-state index contributed by atoms with van der Waals surface area (Å²) < 4.78 is 2.45. The zero-order chi connectivity index (χ0) is 55.2. The van der Waals surface area contributed by atoms with Crippen LogP contribution in [0.5, 0.6) is 0 Å². The van der Waals surface area contributed by atoms with Crippen molar-refractivity contribution < 1.29 is 0 Å². The molecule has 83 heavy (non-hydrogen) atoms. The van der Waals surface area contributed by atoms with Gasteiger partial charge in [-0.2, -0.15) is 0 Å². The van der Waals surface area contributed by atoms with Crippen LogP contribution in [0.1, 0.15) is 25.0 Å². The molecule has 0 fully saturated rings. The first-order valence-corrected chi connectivity index (χ1v) is 28.9. The van der Waals surface area contributed by atoms with E-state index in [4.69, 9.17) is 0 Å². The number of nitrogens with zero attached hydrogens (tertiary/aromatic N) is 2. The normalized spacial score (nSPS) is 12.6. The summed E-state index contributed by atoms with van der Waals surface area (Å²) >= 11 is 0. The molecule has 0 aliphatic heterocycles. The van der Waals surface area contributed by atoms with E-state index in [2.05, 4.69) is 327 Å². The van der Waals surface area contributed by atoms with E-state index in [1.54, 1.807) is 0 Å². The fourth-order valence-corrected chi connectivity index (χ4v) is 13.6. The van der Waals surface area contributed by atoms with Gasteiger partial charge in [0.2, 0.25) is 0 Å². The van der Waals surface area contributed by atoms with Crippen molar-refractivity contribution in [2.45, 2.75) is 19.3 Å². The topological polar surface area (TPSA) is 8.17 Å². The molecule has 2 nitrogen and oxygen atoms in total. The van der Waals surface area contributed by atoms with Gasteiger partial charge in [0.05, 0.1) is 11.0 Å². The predicted octanol–water partition coefficient (Wildman–Crippen LogP) is 22.4. The zero-order valence-corrected chi connectivity index (χ0v) is 46.3. The highest BCUT2D eigenvalue weighted by molar-refractivity contribution is 6.14. The van der Waals surface area contributed by atoms with Gasteiger partial charge in [0.15, 0.2) is 0 Å². The average molecular weight is 1060 g/mol. The Balaban J connectivity index is 0.791. The summed E-state index contributed by atoms with van der Waals surface area (Å²) in [5.41, 5.74) is 24.1. The van der Waals surface area contributed by atoms with Crippen molar-refractivity contribution in [3.8, 4) is 72.4 Å². The SMILES string of the molecule is CC1(C)c2ccccc2-c2ccc(N(c3ccc(-c4ccccc4)cc3)c3ccc(-c4ccc5c(c4)c4ccccc4n5-c4cccc(-c5ccc(-c6ccc7ccccc7c6)c6cccc(-c7ccc8ccccc8c7)c56)c4)cc3)cc21. The summed E-state index contributed by atoms with van der Waals surface area (Å²) in [7, 11) is 0. The Bertz CT molecular complexity index is 5040. The molecule has 16 rings (SSSR count). The smallest absolute Gasteiger partial charge is 0.0541 e. The molecule has 0 bridgehead atoms. The first-order chi connectivity index (χ1) is 40.9. The van der Waals surface area contributed by atoms with E-state index in [0.717, 1.165) is 22.7 Å². The third kappa shape index (κ3) is 8.09. The lowest BCUT2D eigenvalue weighted by molar-refractivity contribution is 0.660. The number of anilines is 3. The molecule has 2 heteroatoms. The van der Waals surface area contributed by atoms with Gasteiger partial charge in [0.25, 0.3) is 0 Å². The Morgan fingerprint density at radius 3 is 1.49 bits per heavy atom. The molecule has 15 aromatic rings. The number of hydrogen-bond donors (Lipinski definition) is 0. The first-order valence-electron chi connectivity index (χ1n) is 28.9. The van der Waals surface area contributed by atoms with Crippen LogP contribution in [0, 0.1) is 0 Å². The van der Waals surface area contributed by atoms with Crippen LogP contribution < -0.4 is 4.90 Å². The molecule has 14 aromatic carbocycles. The molecular weight excluding hydrogens is 1000 g/mol. The van der Waals surface area contributed by atoms with Crippen LogP contribution in [-0.2, 0) is 5.41 Å². The number of fused-ring (bicyclic) bond motifs is 9. The summed E-state index contributed by atoms with van der Waals surface area (Å²) in [5, 5.41) is 9.88. The lowest BCUT2D eigenvalue weighted by Crippen LogP contribution is -2.16. The molecule has 0 atom stereocenters. The van der Waals surface area contributed by atoms with Crippen molar-refractivity contribution in [2.75, 3.05) is 4.90 Å². The third-order valence-electron chi connectivity index (χ3n) is 17.8. The average Bonchev–Trinajstić information content (AvgIpc) is 3.03. The van der Waals surface area contributed by atoms with Crippen LogP contribution in [0.25, 0.3) is 127 Å². The molecule has 1 aliphatic rings. The quantitative estimate of drug-likeness (QED) is 0.140. The van der Waals surface area contributed by atoms with Crippen LogP contribution in [0.4, 0.5) is 17.1 Å². The van der Waals surface area contributed by atoms with Crippen molar-refractivity contribution in [3.05, 3.63) is 314 Å². The number of hydrogen-bond acceptors (Lipinski definition) is 1. The molecule has 0 spiro atoms. The van der Waals surface area contributed by atoms with Crippen LogP contribution >= 0.6 is 0 Å². The minimum Gasteiger partial charge on any atom is -0.310 e. The van der Waals surface area contributed by atoms with Gasteiger partial charge in [-0.1, -0.05) is 238 Å². The van der Waals surface area contributed by atoms with Crippen molar-refractivity contribution in [3.63, 3.8) is 0 Å². The van der Waals surface area contributed by atoms with E-state index in [9.17, 15) is 0 Å². The molecule has 0 unspecified atom stereocenters. The number of rotatable bonds is 9. The van der Waals surface area contributed by atoms with Gasteiger partial charge in [-0.25, -0.2) is 0 Å². The van der Waals surface area contributed by atoms with Gasteiger partial charge >= 0.3 is 0 Å². The Kier molecular flexibility index (Phi) is 11.3. The van der Waals surface area contributed by atoms with E-state index in [0.29, 0.717) is 0 Å². The van der Waals surface area contributed by atoms with Crippen molar-refractivity contribution in [1.29, 1.82) is 0 Å². The molecule has 0 saturated heterocycles. The van der Waals surface area contributed by atoms with Crippen molar-refractivity contribution in [2.24, 2.45) is 0 Å².